The molecule has 1 N–H and O–H groups in total. The zero-order valence-electron chi connectivity index (χ0n) is 16.6. The van der Waals surface area contributed by atoms with Crippen LogP contribution < -0.4 is 10.1 Å². The van der Waals surface area contributed by atoms with Gasteiger partial charge in [0.15, 0.2) is 13.2 Å². The molecule has 1 fully saturated rings. The summed E-state index contributed by atoms with van der Waals surface area (Å²) in [6.07, 6.45) is 4.44. The molecule has 2 rings (SSSR count). The molecule has 0 spiro atoms. The van der Waals surface area contributed by atoms with E-state index in [1.807, 2.05) is 32.9 Å². The van der Waals surface area contributed by atoms with Crippen molar-refractivity contribution in [1.82, 2.24) is 5.32 Å². The maximum Gasteiger partial charge on any atom is 0.344 e. The lowest BCUT2D eigenvalue weighted by Crippen LogP contribution is -2.43. The molecule has 1 saturated carbocycles. The van der Waals surface area contributed by atoms with Crippen LogP contribution in [0, 0.1) is 12.8 Å². The highest BCUT2D eigenvalue weighted by molar-refractivity contribution is 6.31. The predicted molar refractivity (Wildman–Crippen MR) is 106 cm³/mol. The maximum absolute atomic E-state index is 12.0. The van der Waals surface area contributed by atoms with Crippen molar-refractivity contribution < 1.29 is 19.1 Å². The summed E-state index contributed by atoms with van der Waals surface area (Å²) in [6.45, 7) is 7.57. The van der Waals surface area contributed by atoms with Gasteiger partial charge in [-0.2, -0.15) is 0 Å². The molecule has 0 unspecified atom stereocenters. The van der Waals surface area contributed by atoms with Gasteiger partial charge in [-0.3, -0.25) is 4.79 Å². The highest BCUT2D eigenvalue weighted by atomic mass is 35.5. The van der Waals surface area contributed by atoms with E-state index in [2.05, 4.69) is 12.2 Å². The van der Waals surface area contributed by atoms with Gasteiger partial charge in [0.1, 0.15) is 5.75 Å². The zero-order valence-corrected chi connectivity index (χ0v) is 17.4. The number of benzene rings is 1. The SMILES string of the molecule is Cc1cc(OCC(=O)OCC(=O)N[C@@H]2CCCC[C@@H]2C)c(C(C)C)cc1Cl. The van der Waals surface area contributed by atoms with Crippen LogP contribution in [0.4, 0.5) is 0 Å². The van der Waals surface area contributed by atoms with Gasteiger partial charge >= 0.3 is 5.97 Å². The van der Waals surface area contributed by atoms with Gasteiger partial charge in [-0.1, -0.05) is 45.2 Å². The Kier molecular flexibility index (Phi) is 7.96. The van der Waals surface area contributed by atoms with Crippen molar-refractivity contribution >= 4 is 23.5 Å². The second kappa shape index (κ2) is 9.98. The average Bonchev–Trinajstić information content (AvgIpc) is 2.62. The molecule has 6 heteroatoms. The molecule has 2 atom stereocenters. The van der Waals surface area contributed by atoms with Gasteiger partial charge in [-0.15, -0.1) is 0 Å². The average molecular weight is 396 g/mol. The second-order valence-corrected chi connectivity index (χ2v) is 8.09. The van der Waals surface area contributed by atoms with Crippen molar-refractivity contribution in [3.05, 3.63) is 28.3 Å². The summed E-state index contributed by atoms with van der Waals surface area (Å²) in [5.41, 5.74) is 1.81. The van der Waals surface area contributed by atoms with Gasteiger partial charge in [0, 0.05) is 11.1 Å². The first-order valence-electron chi connectivity index (χ1n) is 9.65. The Morgan fingerprint density at radius 2 is 1.93 bits per heavy atom. The topological polar surface area (TPSA) is 64.6 Å². The molecule has 1 aromatic rings. The number of hydrogen-bond acceptors (Lipinski definition) is 4. The summed E-state index contributed by atoms with van der Waals surface area (Å²) in [4.78, 5) is 24.0. The van der Waals surface area contributed by atoms with Crippen molar-refractivity contribution in [2.75, 3.05) is 13.2 Å². The Bertz CT molecular complexity index is 674. The third kappa shape index (κ3) is 6.42. The molecule has 27 heavy (non-hydrogen) atoms. The number of aryl methyl sites for hydroxylation is 1. The highest BCUT2D eigenvalue weighted by Crippen LogP contribution is 2.32. The van der Waals surface area contributed by atoms with Gasteiger partial charge < -0.3 is 14.8 Å². The van der Waals surface area contributed by atoms with E-state index in [-0.39, 0.29) is 31.1 Å². The van der Waals surface area contributed by atoms with Crippen molar-refractivity contribution in [3.8, 4) is 5.75 Å². The van der Waals surface area contributed by atoms with Crippen molar-refractivity contribution in [2.45, 2.75) is 65.3 Å². The number of rotatable bonds is 7. The molecule has 1 amide bonds. The first-order valence-corrected chi connectivity index (χ1v) is 10.0. The molecule has 1 aliphatic carbocycles. The van der Waals surface area contributed by atoms with E-state index in [4.69, 9.17) is 21.1 Å². The zero-order chi connectivity index (χ0) is 20.0. The summed E-state index contributed by atoms with van der Waals surface area (Å²) in [6, 6.07) is 3.86. The molecule has 1 aromatic carbocycles. The molecule has 1 aliphatic rings. The van der Waals surface area contributed by atoms with Crippen molar-refractivity contribution in [3.63, 3.8) is 0 Å². The molecule has 0 aliphatic heterocycles. The minimum atomic E-state index is -0.566. The summed E-state index contributed by atoms with van der Waals surface area (Å²) in [7, 11) is 0. The molecule has 0 bridgehead atoms. The lowest BCUT2D eigenvalue weighted by molar-refractivity contribution is -0.150. The number of ether oxygens (including phenoxy) is 2. The van der Waals surface area contributed by atoms with E-state index in [9.17, 15) is 9.59 Å². The summed E-state index contributed by atoms with van der Waals surface area (Å²) < 4.78 is 10.7. The van der Waals surface area contributed by atoms with E-state index in [1.54, 1.807) is 0 Å². The molecule has 0 radical (unpaired) electrons. The van der Waals surface area contributed by atoms with Crippen LogP contribution in [0.3, 0.4) is 0 Å². The summed E-state index contributed by atoms with van der Waals surface area (Å²) in [5, 5.41) is 3.63. The van der Waals surface area contributed by atoms with E-state index < -0.39 is 5.97 Å². The first-order chi connectivity index (χ1) is 12.8. The van der Waals surface area contributed by atoms with Gasteiger partial charge in [0.25, 0.3) is 5.91 Å². The van der Waals surface area contributed by atoms with Gasteiger partial charge in [-0.25, -0.2) is 4.79 Å². The summed E-state index contributed by atoms with van der Waals surface area (Å²) in [5.74, 6) is 0.461. The minimum Gasteiger partial charge on any atom is -0.482 e. The Balaban J connectivity index is 1.81. The lowest BCUT2D eigenvalue weighted by Gasteiger charge is -2.29. The van der Waals surface area contributed by atoms with Crippen LogP contribution in [0.25, 0.3) is 0 Å². The minimum absolute atomic E-state index is 0.173. The van der Waals surface area contributed by atoms with Crippen LogP contribution in [0.15, 0.2) is 12.1 Å². The van der Waals surface area contributed by atoms with Gasteiger partial charge in [0.05, 0.1) is 0 Å². The van der Waals surface area contributed by atoms with E-state index in [1.165, 1.54) is 6.42 Å². The van der Waals surface area contributed by atoms with Crippen LogP contribution >= 0.6 is 11.6 Å². The summed E-state index contributed by atoms with van der Waals surface area (Å²) >= 11 is 6.18. The molecule has 0 saturated heterocycles. The van der Waals surface area contributed by atoms with Gasteiger partial charge in [0.2, 0.25) is 0 Å². The normalized spacial score (nSPS) is 19.6. The first kappa shape index (κ1) is 21.5. The fourth-order valence-electron chi connectivity index (χ4n) is 3.35. The van der Waals surface area contributed by atoms with Crippen LogP contribution in [-0.4, -0.2) is 31.1 Å². The number of amides is 1. The fourth-order valence-corrected chi connectivity index (χ4v) is 3.52. The lowest BCUT2D eigenvalue weighted by atomic mass is 9.86. The standard InChI is InChI=1S/C21H30ClNO4/c1-13(2)16-10-17(22)15(4)9-19(16)26-12-21(25)27-11-20(24)23-18-8-6-5-7-14(18)3/h9-10,13-14,18H,5-8,11-12H2,1-4H3,(H,23,24)/t14-,18+/m0/s1. The smallest absolute Gasteiger partial charge is 0.344 e. The van der Waals surface area contributed by atoms with Gasteiger partial charge in [-0.05, 0) is 54.9 Å². The largest absolute Gasteiger partial charge is 0.482 e. The highest BCUT2D eigenvalue weighted by Gasteiger charge is 2.23. The Morgan fingerprint density at radius 1 is 1.22 bits per heavy atom. The number of hydrogen-bond donors (Lipinski definition) is 1. The van der Waals surface area contributed by atoms with E-state index in [0.29, 0.717) is 16.7 Å². The Labute approximate surface area is 166 Å². The van der Waals surface area contributed by atoms with Crippen LogP contribution in [0.2, 0.25) is 5.02 Å². The Hall–Kier alpha value is -1.75. The number of carbonyl (C=O) groups excluding carboxylic acids is 2. The Morgan fingerprint density at radius 3 is 2.59 bits per heavy atom. The van der Waals surface area contributed by atoms with Crippen LogP contribution in [0.1, 0.15) is 63.5 Å². The monoisotopic (exact) mass is 395 g/mol. The number of nitrogens with one attached hydrogen (secondary N) is 1. The molecule has 150 valence electrons. The molecule has 0 heterocycles. The fraction of sp³-hybridized carbons (Fsp3) is 0.619. The molecular weight excluding hydrogens is 366 g/mol. The third-order valence-corrected chi connectivity index (χ3v) is 5.49. The maximum atomic E-state index is 12.0. The number of halogens is 1. The number of carbonyl (C=O) groups is 2. The van der Waals surface area contributed by atoms with Crippen molar-refractivity contribution in [2.24, 2.45) is 5.92 Å². The molecular formula is C21H30ClNO4. The number of esters is 1. The van der Waals surface area contributed by atoms with Crippen LogP contribution in [0.5, 0.6) is 5.75 Å². The quantitative estimate of drug-likeness (QED) is 0.695. The van der Waals surface area contributed by atoms with E-state index >= 15 is 0 Å². The third-order valence-electron chi connectivity index (χ3n) is 5.08. The van der Waals surface area contributed by atoms with Crippen molar-refractivity contribution in [1.29, 1.82) is 0 Å². The molecule has 5 nitrogen and oxygen atoms in total. The molecule has 0 aromatic heterocycles. The second-order valence-electron chi connectivity index (χ2n) is 7.68. The predicted octanol–water partition coefficient (Wildman–Crippen LogP) is 4.39. The van der Waals surface area contributed by atoms with E-state index in [0.717, 1.165) is 30.4 Å². The van der Waals surface area contributed by atoms with Crippen LogP contribution in [-0.2, 0) is 14.3 Å².